The zero-order valence-corrected chi connectivity index (χ0v) is 11.9. The van der Waals surface area contributed by atoms with Crippen LogP contribution >= 0.6 is 0 Å². The molecule has 108 valence electrons. The monoisotopic (exact) mass is 285 g/mol. The number of hydrogen-bond donors (Lipinski definition) is 2. The Labute approximate surface area is 123 Å². The minimum Gasteiger partial charge on any atom is -0.489 e. The van der Waals surface area contributed by atoms with Crippen molar-refractivity contribution in [1.29, 1.82) is 5.26 Å². The van der Waals surface area contributed by atoms with Gasteiger partial charge in [0.2, 0.25) is 0 Å². The number of nitrogens with two attached hydrogens (primary N) is 1. The van der Waals surface area contributed by atoms with Crippen molar-refractivity contribution in [2.24, 2.45) is 0 Å². The second-order valence-corrected chi connectivity index (χ2v) is 4.85. The van der Waals surface area contributed by atoms with Crippen LogP contribution in [0, 0.1) is 17.1 Å². The van der Waals surface area contributed by atoms with Gasteiger partial charge in [-0.3, -0.25) is 0 Å². The van der Waals surface area contributed by atoms with Crippen LogP contribution in [0.3, 0.4) is 0 Å². The molecule has 0 atom stereocenters. The largest absolute Gasteiger partial charge is 0.489 e. The van der Waals surface area contributed by atoms with Crippen LogP contribution in [0.5, 0.6) is 5.75 Å². The molecule has 0 unspecified atom stereocenters. The molecular formula is C16H16FN3O. The average molecular weight is 285 g/mol. The third-order valence-corrected chi connectivity index (χ3v) is 2.75. The Kier molecular flexibility index (Phi) is 4.29. The van der Waals surface area contributed by atoms with E-state index in [1.54, 1.807) is 24.3 Å². The number of anilines is 3. The fourth-order valence-electron chi connectivity index (χ4n) is 1.81. The topological polar surface area (TPSA) is 71.1 Å². The van der Waals surface area contributed by atoms with Gasteiger partial charge in [0.25, 0.3) is 0 Å². The predicted molar refractivity (Wildman–Crippen MR) is 81.0 cm³/mol. The molecular weight excluding hydrogens is 269 g/mol. The van der Waals surface area contributed by atoms with E-state index in [2.05, 4.69) is 5.32 Å². The van der Waals surface area contributed by atoms with Gasteiger partial charge in [-0.25, -0.2) is 4.39 Å². The molecule has 2 rings (SSSR count). The summed E-state index contributed by atoms with van der Waals surface area (Å²) in [4.78, 5) is 0. The van der Waals surface area contributed by atoms with Crippen LogP contribution in [0.25, 0.3) is 0 Å². The van der Waals surface area contributed by atoms with Gasteiger partial charge >= 0.3 is 0 Å². The molecule has 0 heterocycles. The van der Waals surface area contributed by atoms with Gasteiger partial charge < -0.3 is 15.8 Å². The zero-order valence-electron chi connectivity index (χ0n) is 11.9. The molecule has 0 saturated heterocycles. The minimum atomic E-state index is -0.489. The quantitative estimate of drug-likeness (QED) is 0.838. The maximum Gasteiger partial charge on any atom is 0.147 e. The molecule has 0 aromatic heterocycles. The molecule has 0 fully saturated rings. The molecule has 0 saturated carbocycles. The second kappa shape index (κ2) is 6.14. The lowest BCUT2D eigenvalue weighted by Gasteiger charge is -2.14. The summed E-state index contributed by atoms with van der Waals surface area (Å²) in [5.74, 6) is 0.0567. The zero-order chi connectivity index (χ0) is 15.4. The van der Waals surface area contributed by atoms with Gasteiger partial charge in [0.15, 0.2) is 0 Å². The molecule has 0 aliphatic rings. The summed E-state index contributed by atoms with van der Waals surface area (Å²) in [5, 5.41) is 11.7. The number of ether oxygens (including phenoxy) is 1. The Morgan fingerprint density at radius 3 is 2.62 bits per heavy atom. The fourth-order valence-corrected chi connectivity index (χ4v) is 1.81. The molecule has 0 radical (unpaired) electrons. The van der Waals surface area contributed by atoms with E-state index in [0.29, 0.717) is 17.1 Å². The van der Waals surface area contributed by atoms with Crippen molar-refractivity contribution in [3.8, 4) is 11.8 Å². The van der Waals surface area contributed by atoms with Crippen molar-refractivity contribution < 1.29 is 9.13 Å². The lowest BCUT2D eigenvalue weighted by Crippen LogP contribution is -2.07. The highest BCUT2D eigenvalue weighted by atomic mass is 19.1. The molecule has 5 heteroatoms. The molecule has 0 aliphatic heterocycles. The molecule has 21 heavy (non-hydrogen) atoms. The number of nitrogen functional groups attached to an aromatic ring is 1. The average Bonchev–Trinajstić information content (AvgIpc) is 2.44. The fraction of sp³-hybridized carbons (Fsp3) is 0.188. The predicted octanol–water partition coefficient (Wildman–Crippen LogP) is 3.81. The normalized spacial score (nSPS) is 10.2. The van der Waals surface area contributed by atoms with E-state index in [1.165, 1.54) is 12.1 Å². The van der Waals surface area contributed by atoms with Crippen LogP contribution in [0.15, 0.2) is 36.4 Å². The number of nitriles is 1. The van der Waals surface area contributed by atoms with Crippen molar-refractivity contribution >= 4 is 17.1 Å². The van der Waals surface area contributed by atoms with E-state index in [4.69, 9.17) is 15.7 Å². The number of nitrogens with zero attached hydrogens (tertiary/aromatic N) is 1. The summed E-state index contributed by atoms with van der Waals surface area (Å²) in [6.45, 7) is 3.81. The van der Waals surface area contributed by atoms with Crippen LogP contribution < -0.4 is 15.8 Å². The Balaban J connectivity index is 2.26. The molecule has 0 aliphatic carbocycles. The van der Waals surface area contributed by atoms with E-state index >= 15 is 0 Å². The second-order valence-electron chi connectivity index (χ2n) is 4.85. The molecule has 4 nitrogen and oxygen atoms in total. The first-order chi connectivity index (χ1) is 9.99. The van der Waals surface area contributed by atoms with Gasteiger partial charge in [-0.2, -0.15) is 5.26 Å². The summed E-state index contributed by atoms with van der Waals surface area (Å²) < 4.78 is 19.4. The maximum absolute atomic E-state index is 13.8. The lowest BCUT2D eigenvalue weighted by molar-refractivity contribution is 0.244. The smallest absolute Gasteiger partial charge is 0.147 e. The highest BCUT2D eigenvalue weighted by Crippen LogP contribution is 2.29. The van der Waals surface area contributed by atoms with Crippen molar-refractivity contribution in [3.63, 3.8) is 0 Å². The number of nitrogens with one attached hydrogen (secondary N) is 1. The van der Waals surface area contributed by atoms with Crippen molar-refractivity contribution in [1.82, 2.24) is 0 Å². The molecule has 0 bridgehead atoms. The summed E-state index contributed by atoms with van der Waals surface area (Å²) >= 11 is 0. The Bertz CT molecular complexity index is 692. The summed E-state index contributed by atoms with van der Waals surface area (Å²) in [5.41, 5.74) is 7.58. The summed E-state index contributed by atoms with van der Waals surface area (Å²) in [6.07, 6.45) is -0.00537. The Morgan fingerprint density at radius 2 is 2.00 bits per heavy atom. The SMILES string of the molecule is CC(C)Oc1cc(Nc2ccc(C#N)cc2F)ccc1N. The van der Waals surface area contributed by atoms with Crippen molar-refractivity contribution in [2.75, 3.05) is 11.1 Å². The van der Waals surface area contributed by atoms with Crippen LogP contribution in [0.4, 0.5) is 21.5 Å². The minimum absolute atomic E-state index is 0.00537. The highest BCUT2D eigenvalue weighted by Gasteiger charge is 2.07. The third-order valence-electron chi connectivity index (χ3n) is 2.75. The third kappa shape index (κ3) is 3.63. The van der Waals surface area contributed by atoms with Crippen LogP contribution in [0.1, 0.15) is 19.4 Å². The number of hydrogen-bond acceptors (Lipinski definition) is 4. The maximum atomic E-state index is 13.8. The van der Waals surface area contributed by atoms with Crippen molar-refractivity contribution in [2.45, 2.75) is 20.0 Å². The molecule has 3 N–H and O–H groups in total. The molecule has 2 aromatic rings. The van der Waals surface area contributed by atoms with E-state index < -0.39 is 5.82 Å². The first-order valence-electron chi connectivity index (χ1n) is 6.52. The molecule has 0 spiro atoms. The Morgan fingerprint density at radius 1 is 1.24 bits per heavy atom. The van der Waals surface area contributed by atoms with Gasteiger partial charge in [-0.15, -0.1) is 0 Å². The van der Waals surface area contributed by atoms with Gasteiger partial charge in [-0.05, 0) is 44.2 Å². The summed E-state index contributed by atoms with van der Waals surface area (Å²) in [6, 6.07) is 11.3. The van der Waals surface area contributed by atoms with E-state index in [9.17, 15) is 4.39 Å². The van der Waals surface area contributed by atoms with Crippen LogP contribution in [0.2, 0.25) is 0 Å². The van der Waals surface area contributed by atoms with E-state index in [0.717, 1.165) is 0 Å². The molecule has 0 amide bonds. The highest BCUT2D eigenvalue weighted by molar-refractivity contribution is 5.67. The van der Waals surface area contributed by atoms with Gasteiger partial charge in [0, 0.05) is 11.8 Å². The first-order valence-corrected chi connectivity index (χ1v) is 6.52. The number of rotatable bonds is 4. The Hall–Kier alpha value is -2.74. The van der Waals surface area contributed by atoms with Crippen LogP contribution in [-0.4, -0.2) is 6.10 Å². The van der Waals surface area contributed by atoms with E-state index in [1.807, 2.05) is 19.9 Å². The lowest BCUT2D eigenvalue weighted by atomic mass is 10.2. The molecule has 2 aromatic carbocycles. The number of benzene rings is 2. The summed E-state index contributed by atoms with van der Waals surface area (Å²) in [7, 11) is 0. The van der Waals surface area contributed by atoms with E-state index in [-0.39, 0.29) is 17.4 Å². The first kappa shape index (κ1) is 14.7. The van der Waals surface area contributed by atoms with Crippen LogP contribution in [-0.2, 0) is 0 Å². The number of halogens is 1. The van der Waals surface area contributed by atoms with Crippen molar-refractivity contribution in [3.05, 3.63) is 47.8 Å². The van der Waals surface area contributed by atoms with Gasteiger partial charge in [0.05, 0.1) is 29.1 Å². The standard InChI is InChI=1S/C16H16FN3O/c1-10(2)21-16-8-12(4-5-14(16)19)20-15-6-3-11(9-18)7-13(15)17/h3-8,10,20H,19H2,1-2H3. The van der Waals surface area contributed by atoms with Gasteiger partial charge in [-0.1, -0.05) is 0 Å². The van der Waals surface area contributed by atoms with Gasteiger partial charge in [0.1, 0.15) is 11.6 Å².